The molecule has 0 aliphatic rings. The molecule has 2 amide bonds. The lowest BCUT2D eigenvalue weighted by Crippen LogP contribution is -2.52. The fourth-order valence-corrected chi connectivity index (χ4v) is 2.75. The second kappa shape index (κ2) is 10.4. The third-order valence-corrected chi connectivity index (χ3v) is 4.42. The zero-order chi connectivity index (χ0) is 21.4. The summed E-state index contributed by atoms with van der Waals surface area (Å²) >= 11 is 3.36. The first-order valence-corrected chi connectivity index (χ1v) is 10.1. The molecule has 0 saturated heterocycles. The quantitative estimate of drug-likeness (QED) is 0.614. The number of rotatable bonds is 7. The summed E-state index contributed by atoms with van der Waals surface area (Å²) in [4.78, 5) is 25.2. The van der Waals surface area contributed by atoms with Crippen LogP contribution in [0.15, 0.2) is 59.1 Å². The van der Waals surface area contributed by atoms with Gasteiger partial charge < -0.3 is 20.1 Å². The molecule has 0 bridgehead atoms. The summed E-state index contributed by atoms with van der Waals surface area (Å²) in [5.41, 5.74) is 0.915. The highest BCUT2D eigenvalue weighted by Crippen LogP contribution is 2.16. The molecular weight excluding hydrogens is 436 g/mol. The summed E-state index contributed by atoms with van der Waals surface area (Å²) in [6.45, 7) is 7.35. The molecule has 0 spiro atoms. The number of carbonyl (C=O) groups is 2. The lowest BCUT2D eigenvalue weighted by atomic mass is 10.1. The Kier molecular flexibility index (Phi) is 8.22. The highest BCUT2D eigenvalue weighted by Gasteiger charge is 2.30. The molecule has 2 rings (SSSR count). The maximum absolute atomic E-state index is 12.9. The predicted molar refractivity (Wildman–Crippen MR) is 117 cm³/mol. The molecular formula is C22H27BrN2O4. The Morgan fingerprint density at radius 2 is 1.66 bits per heavy atom. The van der Waals surface area contributed by atoms with E-state index in [0.29, 0.717) is 12.3 Å². The van der Waals surface area contributed by atoms with E-state index in [1.807, 2.05) is 42.5 Å². The van der Waals surface area contributed by atoms with E-state index in [9.17, 15) is 9.59 Å². The lowest BCUT2D eigenvalue weighted by Gasteiger charge is -2.27. The van der Waals surface area contributed by atoms with Gasteiger partial charge in [0.15, 0.2) is 0 Å². The molecule has 29 heavy (non-hydrogen) atoms. The molecule has 0 aliphatic heterocycles. The number of amides is 2. The van der Waals surface area contributed by atoms with Gasteiger partial charge in [-0.2, -0.15) is 0 Å². The maximum Gasteiger partial charge on any atom is 0.408 e. The number of benzene rings is 2. The second-order valence-electron chi connectivity index (χ2n) is 7.62. The van der Waals surface area contributed by atoms with E-state index in [1.54, 1.807) is 39.8 Å². The predicted octanol–water partition coefficient (Wildman–Crippen LogP) is 4.89. The van der Waals surface area contributed by atoms with Gasteiger partial charge in [0, 0.05) is 10.2 Å². The van der Waals surface area contributed by atoms with Gasteiger partial charge in [0.1, 0.15) is 11.6 Å². The monoisotopic (exact) mass is 462 g/mol. The van der Waals surface area contributed by atoms with Gasteiger partial charge >= 0.3 is 6.09 Å². The van der Waals surface area contributed by atoms with Crippen LogP contribution in [0.2, 0.25) is 0 Å². The van der Waals surface area contributed by atoms with Gasteiger partial charge in [0.05, 0.1) is 12.7 Å². The normalized spacial score (nSPS) is 13.3. The van der Waals surface area contributed by atoms with Crippen molar-refractivity contribution < 1.29 is 19.1 Å². The lowest BCUT2D eigenvalue weighted by molar-refractivity contribution is -0.122. The van der Waals surface area contributed by atoms with Crippen molar-refractivity contribution in [1.29, 1.82) is 0 Å². The standard InChI is InChI=1S/C22H27BrN2O4/c1-15(28-14-16-8-6-5-7-9-16)19(25-21(27)29-22(2,3)4)20(26)24-18-12-10-17(23)11-13-18/h5-13,15,19H,14H2,1-4H3,(H,24,26)(H,25,27)/t15-,19-/m1/s1. The summed E-state index contributed by atoms with van der Waals surface area (Å²) < 4.78 is 12.1. The van der Waals surface area contributed by atoms with Gasteiger partial charge in [-0.05, 0) is 57.5 Å². The highest BCUT2D eigenvalue weighted by molar-refractivity contribution is 9.10. The third kappa shape index (κ3) is 8.25. The highest BCUT2D eigenvalue weighted by atomic mass is 79.9. The first-order valence-electron chi connectivity index (χ1n) is 9.35. The van der Waals surface area contributed by atoms with Gasteiger partial charge in [0.2, 0.25) is 5.91 Å². The van der Waals surface area contributed by atoms with Crippen molar-refractivity contribution in [2.75, 3.05) is 5.32 Å². The van der Waals surface area contributed by atoms with Crippen LogP contribution in [0.25, 0.3) is 0 Å². The average molecular weight is 463 g/mol. The van der Waals surface area contributed by atoms with Crippen LogP contribution in [0.1, 0.15) is 33.3 Å². The number of ether oxygens (including phenoxy) is 2. The van der Waals surface area contributed by atoms with Crippen molar-refractivity contribution in [2.24, 2.45) is 0 Å². The molecule has 0 heterocycles. The third-order valence-electron chi connectivity index (χ3n) is 3.89. The van der Waals surface area contributed by atoms with Crippen LogP contribution in [0.4, 0.5) is 10.5 Å². The SMILES string of the molecule is C[C@@H](OCc1ccccc1)[C@@H](NC(=O)OC(C)(C)C)C(=O)Nc1ccc(Br)cc1. The minimum atomic E-state index is -0.933. The van der Waals surface area contributed by atoms with Gasteiger partial charge in [-0.15, -0.1) is 0 Å². The zero-order valence-electron chi connectivity index (χ0n) is 17.1. The number of hydrogen-bond acceptors (Lipinski definition) is 4. The Morgan fingerprint density at radius 3 is 2.24 bits per heavy atom. The maximum atomic E-state index is 12.9. The van der Waals surface area contributed by atoms with Crippen LogP contribution in [0.5, 0.6) is 0 Å². The largest absolute Gasteiger partial charge is 0.444 e. The number of hydrogen-bond donors (Lipinski definition) is 2. The van der Waals surface area contributed by atoms with Crippen LogP contribution in [0.3, 0.4) is 0 Å². The van der Waals surface area contributed by atoms with Gasteiger partial charge in [0.25, 0.3) is 0 Å². The van der Waals surface area contributed by atoms with Crippen LogP contribution in [-0.4, -0.2) is 29.7 Å². The summed E-state index contributed by atoms with van der Waals surface area (Å²) in [6.07, 6.45) is -1.26. The van der Waals surface area contributed by atoms with Crippen molar-refractivity contribution in [3.05, 3.63) is 64.6 Å². The number of anilines is 1. The molecule has 0 unspecified atom stereocenters. The Hall–Kier alpha value is -2.38. The summed E-state index contributed by atoms with van der Waals surface area (Å²) in [7, 11) is 0. The Bertz CT molecular complexity index is 804. The minimum Gasteiger partial charge on any atom is -0.444 e. The number of carbonyl (C=O) groups excluding carboxylic acids is 2. The molecule has 0 aromatic heterocycles. The van der Waals surface area contributed by atoms with Crippen molar-refractivity contribution in [1.82, 2.24) is 5.32 Å². The number of alkyl carbamates (subject to hydrolysis) is 1. The van der Waals surface area contributed by atoms with E-state index < -0.39 is 29.7 Å². The van der Waals surface area contributed by atoms with Crippen molar-refractivity contribution in [3.63, 3.8) is 0 Å². The van der Waals surface area contributed by atoms with Crippen LogP contribution in [0, 0.1) is 0 Å². The first kappa shape index (κ1) is 22.9. The Balaban J connectivity index is 2.09. The zero-order valence-corrected chi connectivity index (χ0v) is 18.7. The van der Waals surface area contributed by atoms with Crippen LogP contribution in [-0.2, 0) is 20.9 Å². The van der Waals surface area contributed by atoms with E-state index >= 15 is 0 Å². The molecule has 2 atom stereocenters. The van der Waals surface area contributed by atoms with E-state index in [-0.39, 0.29) is 0 Å². The first-order chi connectivity index (χ1) is 13.6. The summed E-state index contributed by atoms with van der Waals surface area (Å²) in [6, 6.07) is 15.9. The van der Waals surface area contributed by atoms with Crippen molar-refractivity contribution >= 4 is 33.6 Å². The molecule has 7 heteroatoms. The molecule has 2 N–H and O–H groups in total. The molecule has 0 fully saturated rings. The molecule has 156 valence electrons. The van der Waals surface area contributed by atoms with Gasteiger partial charge in [-0.1, -0.05) is 46.3 Å². The van der Waals surface area contributed by atoms with Crippen LogP contribution >= 0.6 is 15.9 Å². The van der Waals surface area contributed by atoms with Crippen LogP contribution < -0.4 is 10.6 Å². The van der Waals surface area contributed by atoms with E-state index in [4.69, 9.17) is 9.47 Å². The van der Waals surface area contributed by atoms with Crippen molar-refractivity contribution in [3.8, 4) is 0 Å². The molecule has 0 saturated carbocycles. The minimum absolute atomic E-state index is 0.320. The smallest absolute Gasteiger partial charge is 0.408 e. The fraction of sp³-hybridized carbons (Fsp3) is 0.364. The molecule has 6 nitrogen and oxygen atoms in total. The van der Waals surface area contributed by atoms with Gasteiger partial charge in [-0.3, -0.25) is 4.79 Å². The molecule has 0 aliphatic carbocycles. The number of nitrogens with one attached hydrogen (secondary N) is 2. The fourth-order valence-electron chi connectivity index (χ4n) is 2.48. The van der Waals surface area contributed by atoms with E-state index in [1.165, 1.54) is 0 Å². The average Bonchev–Trinajstić information content (AvgIpc) is 2.65. The summed E-state index contributed by atoms with van der Waals surface area (Å²) in [5.74, 6) is -0.390. The van der Waals surface area contributed by atoms with E-state index in [2.05, 4.69) is 26.6 Å². The molecule has 2 aromatic carbocycles. The Labute approximate surface area is 180 Å². The molecule has 2 aromatic rings. The topological polar surface area (TPSA) is 76.7 Å². The summed E-state index contributed by atoms with van der Waals surface area (Å²) in [5, 5.41) is 5.44. The number of halogens is 1. The molecule has 0 radical (unpaired) electrons. The van der Waals surface area contributed by atoms with Crippen molar-refractivity contribution in [2.45, 2.75) is 52.0 Å². The van der Waals surface area contributed by atoms with Gasteiger partial charge in [-0.25, -0.2) is 4.79 Å². The second-order valence-corrected chi connectivity index (χ2v) is 8.54. The van der Waals surface area contributed by atoms with E-state index in [0.717, 1.165) is 10.0 Å². The Morgan fingerprint density at radius 1 is 1.03 bits per heavy atom.